The first-order valence-corrected chi connectivity index (χ1v) is 6.34. The minimum Gasteiger partial charge on any atom is -0.354 e. The van der Waals surface area contributed by atoms with E-state index in [0.717, 1.165) is 23.0 Å². The van der Waals surface area contributed by atoms with E-state index in [1.807, 2.05) is 6.07 Å². The van der Waals surface area contributed by atoms with Gasteiger partial charge in [0.15, 0.2) is 0 Å². The van der Waals surface area contributed by atoms with Gasteiger partial charge in [-0.25, -0.2) is 9.97 Å². The lowest BCUT2D eigenvalue weighted by atomic mass is 10.3. The second-order valence-corrected chi connectivity index (χ2v) is 4.79. The van der Waals surface area contributed by atoms with Crippen LogP contribution in [0.5, 0.6) is 0 Å². The van der Waals surface area contributed by atoms with Crippen LogP contribution < -0.4 is 4.90 Å². The van der Waals surface area contributed by atoms with Crippen molar-refractivity contribution in [1.82, 2.24) is 9.97 Å². The van der Waals surface area contributed by atoms with Gasteiger partial charge in [-0.1, -0.05) is 13.3 Å². The van der Waals surface area contributed by atoms with Crippen LogP contribution in [0.15, 0.2) is 17.0 Å². The van der Waals surface area contributed by atoms with Gasteiger partial charge in [0.1, 0.15) is 16.7 Å². The van der Waals surface area contributed by atoms with Crippen LogP contribution in [0.25, 0.3) is 0 Å². The summed E-state index contributed by atoms with van der Waals surface area (Å²) in [7, 11) is 0. The molecule has 0 saturated heterocycles. The van der Waals surface area contributed by atoms with Crippen molar-refractivity contribution in [2.45, 2.75) is 38.6 Å². The lowest BCUT2D eigenvalue weighted by Gasteiger charge is -2.23. The van der Waals surface area contributed by atoms with Crippen molar-refractivity contribution in [2.75, 3.05) is 11.4 Å². The number of unbranched alkanes of at least 4 members (excludes halogenated alkanes) is 1. The predicted molar refractivity (Wildman–Crippen MR) is 65.0 cm³/mol. The van der Waals surface area contributed by atoms with E-state index >= 15 is 0 Å². The van der Waals surface area contributed by atoms with Gasteiger partial charge in [0.25, 0.3) is 0 Å². The standard InChI is InChI=1S/C11H16BrN3/c1-2-3-6-15(9-4-5-9)11-7-10(12)13-8-14-11/h7-9H,2-6H2,1H3. The fraction of sp³-hybridized carbons (Fsp3) is 0.636. The molecule has 1 saturated carbocycles. The summed E-state index contributed by atoms with van der Waals surface area (Å²) in [4.78, 5) is 10.8. The van der Waals surface area contributed by atoms with Crippen LogP contribution in [0.4, 0.5) is 5.82 Å². The van der Waals surface area contributed by atoms with Crippen LogP contribution in [-0.4, -0.2) is 22.6 Å². The summed E-state index contributed by atoms with van der Waals surface area (Å²) in [5.74, 6) is 1.06. The van der Waals surface area contributed by atoms with Crippen LogP contribution in [0.2, 0.25) is 0 Å². The molecular formula is C11H16BrN3. The maximum absolute atomic E-state index is 4.34. The summed E-state index contributed by atoms with van der Waals surface area (Å²) in [5.41, 5.74) is 0. The fourth-order valence-electron chi connectivity index (χ4n) is 1.68. The Bertz CT molecular complexity index is 325. The number of nitrogens with zero attached hydrogens (tertiary/aromatic N) is 3. The molecule has 3 nitrogen and oxygen atoms in total. The molecule has 4 heteroatoms. The third kappa shape index (κ3) is 2.91. The highest BCUT2D eigenvalue weighted by Crippen LogP contribution is 2.31. The van der Waals surface area contributed by atoms with Crippen LogP contribution in [0, 0.1) is 0 Å². The van der Waals surface area contributed by atoms with Crippen molar-refractivity contribution >= 4 is 21.7 Å². The maximum Gasteiger partial charge on any atom is 0.133 e. The Labute approximate surface area is 99.0 Å². The zero-order valence-electron chi connectivity index (χ0n) is 8.99. The van der Waals surface area contributed by atoms with Crippen molar-refractivity contribution in [3.63, 3.8) is 0 Å². The number of halogens is 1. The molecule has 1 aromatic heterocycles. The molecule has 0 bridgehead atoms. The van der Waals surface area contributed by atoms with Crippen molar-refractivity contribution in [3.05, 3.63) is 17.0 Å². The third-order valence-corrected chi connectivity index (χ3v) is 3.09. The number of anilines is 1. The summed E-state index contributed by atoms with van der Waals surface area (Å²) in [6.45, 7) is 3.34. The van der Waals surface area contributed by atoms with Gasteiger partial charge >= 0.3 is 0 Å². The molecule has 1 fully saturated rings. The minimum atomic E-state index is 0.721. The average molecular weight is 270 g/mol. The molecule has 0 atom stereocenters. The van der Waals surface area contributed by atoms with E-state index in [2.05, 4.69) is 37.7 Å². The first kappa shape index (κ1) is 10.9. The van der Waals surface area contributed by atoms with Crippen LogP contribution in [-0.2, 0) is 0 Å². The van der Waals surface area contributed by atoms with Gasteiger partial charge in [-0.05, 0) is 35.2 Å². The topological polar surface area (TPSA) is 29.0 Å². The van der Waals surface area contributed by atoms with E-state index in [4.69, 9.17) is 0 Å². The Morgan fingerprint density at radius 3 is 2.87 bits per heavy atom. The summed E-state index contributed by atoms with van der Waals surface area (Å²) in [5, 5.41) is 0. The lowest BCUT2D eigenvalue weighted by Crippen LogP contribution is -2.27. The molecule has 0 amide bonds. The number of hydrogen-bond donors (Lipinski definition) is 0. The molecule has 1 aromatic rings. The molecule has 2 rings (SSSR count). The highest BCUT2D eigenvalue weighted by molar-refractivity contribution is 9.10. The second kappa shape index (κ2) is 4.92. The Hall–Kier alpha value is -0.640. The monoisotopic (exact) mass is 269 g/mol. The Morgan fingerprint density at radius 1 is 1.47 bits per heavy atom. The molecule has 1 heterocycles. The van der Waals surface area contributed by atoms with Crippen molar-refractivity contribution < 1.29 is 0 Å². The fourth-order valence-corrected chi connectivity index (χ4v) is 1.98. The van der Waals surface area contributed by atoms with E-state index in [1.165, 1.54) is 25.7 Å². The summed E-state index contributed by atoms with van der Waals surface area (Å²) >= 11 is 3.39. The van der Waals surface area contributed by atoms with Gasteiger partial charge in [0.2, 0.25) is 0 Å². The van der Waals surface area contributed by atoms with Crippen LogP contribution in [0.3, 0.4) is 0 Å². The smallest absolute Gasteiger partial charge is 0.133 e. The van der Waals surface area contributed by atoms with E-state index < -0.39 is 0 Å². The highest BCUT2D eigenvalue weighted by atomic mass is 79.9. The summed E-state index contributed by atoms with van der Waals surface area (Å²) in [6, 6.07) is 2.73. The van der Waals surface area contributed by atoms with E-state index in [9.17, 15) is 0 Å². The van der Waals surface area contributed by atoms with Gasteiger partial charge in [-0.3, -0.25) is 0 Å². The van der Waals surface area contributed by atoms with Crippen molar-refractivity contribution in [3.8, 4) is 0 Å². The van der Waals surface area contributed by atoms with E-state index in [1.54, 1.807) is 6.33 Å². The molecule has 82 valence electrons. The Kier molecular flexibility index (Phi) is 3.57. The lowest BCUT2D eigenvalue weighted by molar-refractivity contribution is 0.703. The van der Waals surface area contributed by atoms with Crippen molar-refractivity contribution in [1.29, 1.82) is 0 Å². The summed E-state index contributed by atoms with van der Waals surface area (Å²) < 4.78 is 0.870. The van der Waals surface area contributed by atoms with Crippen LogP contribution >= 0.6 is 15.9 Å². The minimum absolute atomic E-state index is 0.721. The quantitative estimate of drug-likeness (QED) is 0.770. The summed E-state index contributed by atoms with van der Waals surface area (Å²) in [6.07, 6.45) is 6.71. The normalized spacial score (nSPS) is 15.3. The van der Waals surface area contributed by atoms with E-state index in [-0.39, 0.29) is 0 Å². The van der Waals surface area contributed by atoms with Crippen LogP contribution in [0.1, 0.15) is 32.6 Å². The molecule has 0 aromatic carbocycles. The average Bonchev–Trinajstić information content (AvgIpc) is 3.03. The molecule has 0 spiro atoms. The number of hydrogen-bond acceptors (Lipinski definition) is 3. The third-order valence-electron chi connectivity index (χ3n) is 2.65. The molecule has 0 aliphatic heterocycles. The number of rotatable bonds is 5. The van der Waals surface area contributed by atoms with Gasteiger partial charge < -0.3 is 4.90 Å². The maximum atomic E-state index is 4.34. The molecule has 15 heavy (non-hydrogen) atoms. The number of aromatic nitrogens is 2. The van der Waals surface area contributed by atoms with E-state index in [0.29, 0.717) is 0 Å². The SMILES string of the molecule is CCCCN(c1cc(Br)ncn1)C1CC1. The zero-order chi connectivity index (χ0) is 10.7. The predicted octanol–water partition coefficient (Wildman–Crippen LogP) is 3.01. The molecular weight excluding hydrogens is 254 g/mol. The molecule has 0 radical (unpaired) electrons. The van der Waals surface area contributed by atoms with Gasteiger partial charge in [-0.15, -0.1) is 0 Å². The van der Waals surface area contributed by atoms with Gasteiger partial charge in [0.05, 0.1) is 0 Å². The molecule has 1 aliphatic rings. The largest absolute Gasteiger partial charge is 0.354 e. The highest BCUT2D eigenvalue weighted by Gasteiger charge is 2.29. The second-order valence-electron chi connectivity index (χ2n) is 3.98. The molecule has 1 aliphatic carbocycles. The van der Waals surface area contributed by atoms with Gasteiger partial charge in [0, 0.05) is 18.7 Å². The Balaban J connectivity index is 2.09. The first-order valence-electron chi connectivity index (χ1n) is 5.55. The van der Waals surface area contributed by atoms with Crippen molar-refractivity contribution in [2.24, 2.45) is 0 Å². The Morgan fingerprint density at radius 2 is 2.27 bits per heavy atom. The first-order chi connectivity index (χ1) is 7.31. The zero-order valence-corrected chi connectivity index (χ0v) is 10.6. The molecule has 0 unspecified atom stereocenters. The van der Waals surface area contributed by atoms with Gasteiger partial charge in [-0.2, -0.15) is 0 Å². The molecule has 0 N–H and O–H groups in total.